The molecule has 0 saturated carbocycles. The third kappa shape index (κ3) is 2.38. The van der Waals surface area contributed by atoms with Crippen LogP contribution in [0.15, 0.2) is 73.6 Å². The molecule has 29 heavy (non-hydrogen) atoms. The van der Waals surface area contributed by atoms with Gasteiger partial charge in [-0.2, -0.15) is 0 Å². The number of nitrogens with zero attached hydrogens (tertiary/aromatic N) is 4. The molecule has 1 aromatic heterocycles. The molecule has 3 unspecified atom stereocenters. The lowest BCUT2D eigenvalue weighted by Gasteiger charge is -2.50. The van der Waals surface area contributed by atoms with Gasteiger partial charge in [-0.15, -0.1) is 6.58 Å². The number of aromatic nitrogens is 2. The van der Waals surface area contributed by atoms with Crippen LogP contribution in [0.5, 0.6) is 0 Å². The van der Waals surface area contributed by atoms with E-state index in [-0.39, 0.29) is 11.6 Å². The van der Waals surface area contributed by atoms with E-state index in [0.29, 0.717) is 5.92 Å². The summed E-state index contributed by atoms with van der Waals surface area (Å²) in [6.45, 7) is 11.0. The van der Waals surface area contributed by atoms with Gasteiger partial charge in [0, 0.05) is 35.1 Å². The number of para-hydroxylation sites is 2. The SMILES string of the molecule is C=CCC1(C)c2ccccc2N2c3nccnc3N(c3ccccc3C)C2C1C. The predicted molar refractivity (Wildman–Crippen MR) is 119 cm³/mol. The minimum Gasteiger partial charge on any atom is -0.301 e. The average Bonchev–Trinajstić information content (AvgIpc) is 3.08. The fourth-order valence-electron chi connectivity index (χ4n) is 5.16. The Morgan fingerprint density at radius 2 is 1.55 bits per heavy atom. The number of benzene rings is 2. The zero-order valence-electron chi connectivity index (χ0n) is 17.2. The fraction of sp³-hybridized carbons (Fsp3) is 0.280. The first-order chi connectivity index (χ1) is 14.1. The van der Waals surface area contributed by atoms with Crippen molar-refractivity contribution in [1.82, 2.24) is 9.97 Å². The van der Waals surface area contributed by atoms with Crippen molar-refractivity contribution in [2.24, 2.45) is 5.92 Å². The summed E-state index contributed by atoms with van der Waals surface area (Å²) in [7, 11) is 0. The Hall–Kier alpha value is -3.14. The molecule has 0 saturated heterocycles. The fourth-order valence-corrected chi connectivity index (χ4v) is 5.16. The maximum absolute atomic E-state index is 4.79. The number of anilines is 4. The summed E-state index contributed by atoms with van der Waals surface area (Å²) in [6, 6.07) is 17.3. The van der Waals surface area contributed by atoms with Gasteiger partial charge in [-0.05, 0) is 36.6 Å². The molecule has 3 aromatic rings. The van der Waals surface area contributed by atoms with Gasteiger partial charge in [-0.25, -0.2) is 9.97 Å². The highest BCUT2D eigenvalue weighted by atomic mass is 15.5. The highest BCUT2D eigenvalue weighted by Crippen LogP contribution is 2.57. The highest BCUT2D eigenvalue weighted by Gasteiger charge is 2.53. The highest BCUT2D eigenvalue weighted by molar-refractivity contribution is 5.86. The van der Waals surface area contributed by atoms with Crippen LogP contribution in [0.2, 0.25) is 0 Å². The monoisotopic (exact) mass is 382 g/mol. The van der Waals surface area contributed by atoms with E-state index in [9.17, 15) is 0 Å². The van der Waals surface area contributed by atoms with Gasteiger partial charge in [0.1, 0.15) is 6.17 Å². The molecule has 2 aliphatic heterocycles. The third-order valence-electron chi connectivity index (χ3n) is 6.82. The van der Waals surface area contributed by atoms with E-state index in [1.165, 1.54) is 22.5 Å². The van der Waals surface area contributed by atoms with Gasteiger partial charge < -0.3 is 9.80 Å². The van der Waals surface area contributed by atoms with Crippen LogP contribution in [0.1, 0.15) is 31.4 Å². The van der Waals surface area contributed by atoms with Crippen LogP contribution in [-0.2, 0) is 5.41 Å². The molecule has 4 nitrogen and oxygen atoms in total. The molecule has 2 aromatic carbocycles. The van der Waals surface area contributed by atoms with E-state index in [1.54, 1.807) is 12.4 Å². The first-order valence-corrected chi connectivity index (χ1v) is 10.2. The van der Waals surface area contributed by atoms with E-state index in [1.807, 2.05) is 0 Å². The first kappa shape index (κ1) is 17.9. The van der Waals surface area contributed by atoms with Crippen LogP contribution in [0.4, 0.5) is 23.0 Å². The second kappa shape index (κ2) is 6.45. The zero-order valence-corrected chi connectivity index (χ0v) is 17.2. The number of fused-ring (bicyclic) bond motifs is 5. The number of rotatable bonds is 3. The summed E-state index contributed by atoms with van der Waals surface area (Å²) < 4.78 is 0. The maximum Gasteiger partial charge on any atom is 0.178 e. The molecular formula is C25H26N4. The van der Waals surface area contributed by atoms with Gasteiger partial charge in [0.15, 0.2) is 11.6 Å². The molecular weight excluding hydrogens is 356 g/mol. The summed E-state index contributed by atoms with van der Waals surface area (Å²) in [6.07, 6.45) is 6.67. The van der Waals surface area contributed by atoms with Crippen LogP contribution in [0.25, 0.3) is 0 Å². The molecule has 0 spiro atoms. The number of hydrogen-bond acceptors (Lipinski definition) is 4. The molecule has 2 aliphatic rings. The minimum atomic E-state index is -0.0253. The van der Waals surface area contributed by atoms with Gasteiger partial charge in [0.2, 0.25) is 0 Å². The average molecular weight is 383 g/mol. The van der Waals surface area contributed by atoms with Crippen LogP contribution in [0, 0.1) is 12.8 Å². The van der Waals surface area contributed by atoms with E-state index >= 15 is 0 Å². The lowest BCUT2D eigenvalue weighted by molar-refractivity contribution is 0.258. The van der Waals surface area contributed by atoms with Gasteiger partial charge in [0.25, 0.3) is 0 Å². The Kier molecular flexibility index (Phi) is 3.98. The summed E-state index contributed by atoms with van der Waals surface area (Å²) in [5.74, 6) is 2.18. The van der Waals surface area contributed by atoms with Crippen molar-refractivity contribution < 1.29 is 0 Å². The van der Waals surface area contributed by atoms with Crippen molar-refractivity contribution in [3.63, 3.8) is 0 Å². The van der Waals surface area contributed by atoms with Crippen molar-refractivity contribution in [3.8, 4) is 0 Å². The largest absolute Gasteiger partial charge is 0.301 e. The minimum absolute atomic E-state index is 0.0253. The van der Waals surface area contributed by atoms with Crippen molar-refractivity contribution in [1.29, 1.82) is 0 Å². The van der Waals surface area contributed by atoms with Crippen molar-refractivity contribution in [2.45, 2.75) is 38.8 Å². The summed E-state index contributed by atoms with van der Waals surface area (Å²) in [5, 5.41) is 0. The Morgan fingerprint density at radius 3 is 2.21 bits per heavy atom. The van der Waals surface area contributed by atoms with E-state index in [2.05, 4.69) is 91.8 Å². The molecule has 0 amide bonds. The molecule has 3 heterocycles. The van der Waals surface area contributed by atoms with Crippen LogP contribution in [-0.4, -0.2) is 16.1 Å². The van der Waals surface area contributed by atoms with Gasteiger partial charge in [-0.3, -0.25) is 0 Å². The van der Waals surface area contributed by atoms with Crippen molar-refractivity contribution >= 4 is 23.0 Å². The van der Waals surface area contributed by atoms with Crippen LogP contribution < -0.4 is 9.80 Å². The molecule has 5 rings (SSSR count). The summed E-state index contributed by atoms with van der Waals surface area (Å²) >= 11 is 0. The number of allylic oxidation sites excluding steroid dienone is 1. The van der Waals surface area contributed by atoms with Gasteiger partial charge in [0.05, 0.1) is 0 Å². The van der Waals surface area contributed by atoms with E-state index in [0.717, 1.165) is 18.1 Å². The molecule has 4 heteroatoms. The Morgan fingerprint density at radius 1 is 0.966 bits per heavy atom. The molecule has 0 radical (unpaired) electrons. The molecule has 0 bridgehead atoms. The Bertz CT molecular complexity index is 1090. The van der Waals surface area contributed by atoms with Crippen LogP contribution in [0.3, 0.4) is 0 Å². The number of aryl methyl sites for hydroxylation is 1. The van der Waals surface area contributed by atoms with Gasteiger partial charge >= 0.3 is 0 Å². The van der Waals surface area contributed by atoms with E-state index < -0.39 is 0 Å². The van der Waals surface area contributed by atoms with Crippen LogP contribution >= 0.6 is 0 Å². The topological polar surface area (TPSA) is 32.3 Å². The predicted octanol–water partition coefficient (Wildman–Crippen LogP) is 5.88. The number of hydrogen-bond donors (Lipinski definition) is 0. The lowest BCUT2D eigenvalue weighted by Crippen LogP contribution is -2.54. The molecule has 3 atom stereocenters. The van der Waals surface area contributed by atoms with Gasteiger partial charge in [-0.1, -0.05) is 56.3 Å². The standard InChI is InChI=1S/C25H26N4/c1-5-14-25(4)18(3)24-28(20-12-8-6-10-17(20)2)22-23(27-16-15-26-22)29(24)21-13-9-7-11-19(21)25/h5-13,15-16,18,24H,1,14H2,2-4H3. The summed E-state index contributed by atoms with van der Waals surface area (Å²) in [5.41, 5.74) is 4.98. The second-order valence-electron chi connectivity index (χ2n) is 8.36. The normalized spacial score (nSPS) is 24.7. The second-order valence-corrected chi connectivity index (χ2v) is 8.36. The van der Waals surface area contributed by atoms with Crippen molar-refractivity contribution in [2.75, 3.05) is 9.80 Å². The molecule has 146 valence electrons. The summed E-state index contributed by atoms with van der Waals surface area (Å²) in [4.78, 5) is 14.3. The Balaban J connectivity index is 1.80. The zero-order chi connectivity index (χ0) is 20.2. The molecule has 0 fully saturated rings. The smallest absolute Gasteiger partial charge is 0.178 e. The van der Waals surface area contributed by atoms with Crippen molar-refractivity contribution in [3.05, 3.63) is 84.7 Å². The Labute approximate surface area is 172 Å². The first-order valence-electron chi connectivity index (χ1n) is 10.2. The molecule has 0 aliphatic carbocycles. The quantitative estimate of drug-likeness (QED) is 0.529. The molecule has 0 N–H and O–H groups in total. The lowest BCUT2D eigenvalue weighted by atomic mass is 9.65. The third-order valence-corrected chi connectivity index (χ3v) is 6.82. The van der Waals surface area contributed by atoms with E-state index in [4.69, 9.17) is 9.97 Å². The maximum atomic E-state index is 4.79.